The summed E-state index contributed by atoms with van der Waals surface area (Å²) in [5, 5.41) is 1.97. The first-order valence-electron chi connectivity index (χ1n) is 7.09. The number of carbonyl (C=O) groups excluding carboxylic acids is 2. The SMILES string of the molecule is O=C(Cc1cccs1)N1CCN(C(=O)c2cnccn2)CC1. The fourth-order valence-electron chi connectivity index (χ4n) is 2.40. The molecule has 1 aliphatic rings. The zero-order chi connectivity index (χ0) is 15.4. The molecule has 114 valence electrons. The second-order valence-corrected chi connectivity index (χ2v) is 6.05. The van der Waals surface area contributed by atoms with Gasteiger partial charge >= 0.3 is 0 Å². The van der Waals surface area contributed by atoms with E-state index < -0.39 is 0 Å². The lowest BCUT2D eigenvalue weighted by Gasteiger charge is -2.34. The van der Waals surface area contributed by atoms with Crippen LogP contribution in [0.25, 0.3) is 0 Å². The topological polar surface area (TPSA) is 66.4 Å². The predicted molar refractivity (Wildman–Crippen MR) is 82.5 cm³/mol. The van der Waals surface area contributed by atoms with Crippen LogP contribution in [0.15, 0.2) is 36.1 Å². The molecule has 0 bridgehead atoms. The van der Waals surface area contributed by atoms with Crippen molar-refractivity contribution in [3.63, 3.8) is 0 Å². The zero-order valence-corrected chi connectivity index (χ0v) is 12.8. The Hall–Kier alpha value is -2.28. The summed E-state index contributed by atoms with van der Waals surface area (Å²) in [4.78, 5) is 37.0. The number of nitrogens with zero attached hydrogens (tertiary/aromatic N) is 4. The molecule has 0 N–H and O–H groups in total. The highest BCUT2D eigenvalue weighted by Crippen LogP contribution is 2.12. The number of hydrogen-bond acceptors (Lipinski definition) is 5. The van der Waals surface area contributed by atoms with Gasteiger partial charge in [0.05, 0.1) is 12.6 Å². The summed E-state index contributed by atoms with van der Waals surface area (Å²) in [6, 6.07) is 3.92. The summed E-state index contributed by atoms with van der Waals surface area (Å²) in [7, 11) is 0. The third-order valence-corrected chi connectivity index (χ3v) is 4.48. The second kappa shape index (κ2) is 6.65. The van der Waals surface area contributed by atoms with E-state index >= 15 is 0 Å². The van der Waals surface area contributed by atoms with Gasteiger partial charge in [0.2, 0.25) is 5.91 Å². The van der Waals surface area contributed by atoms with Crippen molar-refractivity contribution in [1.82, 2.24) is 19.8 Å². The summed E-state index contributed by atoms with van der Waals surface area (Å²) in [5.41, 5.74) is 0.348. The number of carbonyl (C=O) groups is 2. The first-order valence-corrected chi connectivity index (χ1v) is 7.97. The van der Waals surface area contributed by atoms with Crippen LogP contribution in [0.4, 0.5) is 0 Å². The number of rotatable bonds is 3. The molecule has 1 aliphatic heterocycles. The van der Waals surface area contributed by atoms with Crippen molar-refractivity contribution in [2.24, 2.45) is 0 Å². The highest BCUT2D eigenvalue weighted by Gasteiger charge is 2.25. The summed E-state index contributed by atoms with van der Waals surface area (Å²) >= 11 is 1.59. The molecule has 0 unspecified atom stereocenters. The average molecular weight is 316 g/mol. The lowest BCUT2D eigenvalue weighted by molar-refractivity contribution is -0.131. The Morgan fingerprint density at radius 2 is 1.91 bits per heavy atom. The van der Waals surface area contributed by atoms with Crippen LogP contribution >= 0.6 is 11.3 Å². The van der Waals surface area contributed by atoms with E-state index in [2.05, 4.69) is 9.97 Å². The van der Waals surface area contributed by atoms with E-state index in [1.165, 1.54) is 18.6 Å². The van der Waals surface area contributed by atoms with Crippen molar-refractivity contribution in [1.29, 1.82) is 0 Å². The molecule has 0 spiro atoms. The van der Waals surface area contributed by atoms with Crippen LogP contribution in [0.1, 0.15) is 15.4 Å². The molecule has 1 saturated heterocycles. The molecule has 0 aliphatic carbocycles. The Labute approximate surface area is 132 Å². The van der Waals surface area contributed by atoms with Gasteiger partial charge in [-0.1, -0.05) is 6.07 Å². The van der Waals surface area contributed by atoms with Crippen LogP contribution in [-0.4, -0.2) is 57.8 Å². The highest BCUT2D eigenvalue weighted by molar-refractivity contribution is 7.10. The lowest BCUT2D eigenvalue weighted by Crippen LogP contribution is -2.51. The van der Waals surface area contributed by atoms with Gasteiger partial charge in [-0.05, 0) is 11.4 Å². The van der Waals surface area contributed by atoms with Crippen molar-refractivity contribution >= 4 is 23.2 Å². The van der Waals surface area contributed by atoms with Gasteiger partial charge in [-0.25, -0.2) is 4.98 Å². The number of aromatic nitrogens is 2. The van der Waals surface area contributed by atoms with E-state index in [1.807, 2.05) is 22.4 Å². The van der Waals surface area contributed by atoms with Gasteiger partial charge in [-0.3, -0.25) is 14.6 Å². The minimum atomic E-state index is -0.126. The summed E-state index contributed by atoms with van der Waals surface area (Å²) < 4.78 is 0. The van der Waals surface area contributed by atoms with Gasteiger partial charge in [0.15, 0.2) is 0 Å². The molecule has 0 atom stereocenters. The third-order valence-electron chi connectivity index (χ3n) is 3.61. The highest BCUT2D eigenvalue weighted by atomic mass is 32.1. The third kappa shape index (κ3) is 3.30. The fourth-order valence-corrected chi connectivity index (χ4v) is 3.10. The standard InChI is InChI=1S/C15H16N4O2S/c20-14(10-12-2-1-9-22-12)18-5-7-19(8-6-18)15(21)13-11-16-3-4-17-13/h1-4,9,11H,5-8,10H2. The Balaban J connectivity index is 1.54. The second-order valence-electron chi connectivity index (χ2n) is 5.02. The van der Waals surface area contributed by atoms with Gasteiger partial charge in [0.1, 0.15) is 5.69 Å². The van der Waals surface area contributed by atoms with Crippen molar-refractivity contribution in [3.8, 4) is 0 Å². The number of thiophene rings is 1. The maximum Gasteiger partial charge on any atom is 0.274 e. The molecule has 22 heavy (non-hydrogen) atoms. The summed E-state index contributed by atoms with van der Waals surface area (Å²) in [5.74, 6) is -0.00694. The maximum atomic E-state index is 12.3. The normalized spacial score (nSPS) is 14.9. The predicted octanol–water partition coefficient (Wildman–Crippen LogP) is 1.07. The molecule has 3 heterocycles. The van der Waals surface area contributed by atoms with Crippen LogP contribution < -0.4 is 0 Å². The van der Waals surface area contributed by atoms with Crippen molar-refractivity contribution in [3.05, 3.63) is 46.7 Å². The molecule has 3 rings (SSSR count). The molecule has 0 saturated carbocycles. The molecular formula is C15H16N4O2S. The number of amides is 2. The Morgan fingerprint density at radius 1 is 1.14 bits per heavy atom. The fraction of sp³-hybridized carbons (Fsp3) is 0.333. The van der Waals surface area contributed by atoms with Gasteiger partial charge in [-0.2, -0.15) is 0 Å². The van der Waals surface area contributed by atoms with Gasteiger partial charge in [0.25, 0.3) is 5.91 Å². The first-order chi connectivity index (χ1) is 10.7. The molecular weight excluding hydrogens is 300 g/mol. The Kier molecular flexibility index (Phi) is 4.43. The zero-order valence-electron chi connectivity index (χ0n) is 12.0. The van der Waals surface area contributed by atoms with E-state index in [9.17, 15) is 9.59 Å². The Morgan fingerprint density at radius 3 is 2.55 bits per heavy atom. The minimum Gasteiger partial charge on any atom is -0.339 e. The van der Waals surface area contributed by atoms with Crippen LogP contribution in [0, 0.1) is 0 Å². The van der Waals surface area contributed by atoms with Crippen molar-refractivity contribution in [2.75, 3.05) is 26.2 Å². The minimum absolute atomic E-state index is 0.119. The van der Waals surface area contributed by atoms with Gasteiger partial charge in [-0.15, -0.1) is 11.3 Å². The van der Waals surface area contributed by atoms with Gasteiger partial charge < -0.3 is 9.80 Å². The molecule has 2 aromatic heterocycles. The average Bonchev–Trinajstić information content (AvgIpc) is 3.08. The molecule has 0 radical (unpaired) electrons. The van der Waals surface area contributed by atoms with E-state index in [4.69, 9.17) is 0 Å². The van der Waals surface area contributed by atoms with E-state index in [1.54, 1.807) is 16.2 Å². The molecule has 2 amide bonds. The number of piperazine rings is 1. The molecule has 6 nitrogen and oxygen atoms in total. The number of hydrogen-bond donors (Lipinski definition) is 0. The van der Waals surface area contributed by atoms with Crippen molar-refractivity contribution < 1.29 is 9.59 Å². The summed E-state index contributed by atoms with van der Waals surface area (Å²) in [6.45, 7) is 2.20. The van der Waals surface area contributed by atoms with Crippen LogP contribution in [0.2, 0.25) is 0 Å². The quantitative estimate of drug-likeness (QED) is 0.849. The molecule has 1 fully saturated rings. The molecule has 2 aromatic rings. The maximum absolute atomic E-state index is 12.3. The van der Waals surface area contributed by atoms with Crippen molar-refractivity contribution in [2.45, 2.75) is 6.42 Å². The first kappa shape index (κ1) is 14.6. The largest absolute Gasteiger partial charge is 0.339 e. The van der Waals surface area contributed by atoms with E-state index in [0.717, 1.165) is 4.88 Å². The lowest BCUT2D eigenvalue weighted by atomic mass is 10.2. The van der Waals surface area contributed by atoms with Crippen LogP contribution in [0.5, 0.6) is 0 Å². The van der Waals surface area contributed by atoms with Crippen LogP contribution in [0.3, 0.4) is 0 Å². The Bertz CT molecular complexity index is 637. The van der Waals surface area contributed by atoms with E-state index in [-0.39, 0.29) is 11.8 Å². The molecule has 0 aromatic carbocycles. The van der Waals surface area contributed by atoms with Crippen LogP contribution in [-0.2, 0) is 11.2 Å². The van der Waals surface area contributed by atoms with Gasteiger partial charge in [0, 0.05) is 43.4 Å². The van der Waals surface area contributed by atoms with E-state index in [0.29, 0.717) is 38.3 Å². The smallest absolute Gasteiger partial charge is 0.274 e. The molecule has 7 heteroatoms. The summed E-state index contributed by atoms with van der Waals surface area (Å²) in [6.07, 6.45) is 4.96. The monoisotopic (exact) mass is 316 g/mol.